The number of nitro groups is 1. The summed E-state index contributed by atoms with van der Waals surface area (Å²) < 4.78 is 5.35. The predicted octanol–water partition coefficient (Wildman–Crippen LogP) is 2.11. The van der Waals surface area contributed by atoms with Gasteiger partial charge in [0.15, 0.2) is 0 Å². The van der Waals surface area contributed by atoms with Crippen molar-refractivity contribution in [2.24, 2.45) is 0 Å². The van der Waals surface area contributed by atoms with Crippen molar-refractivity contribution in [3.05, 3.63) is 27.8 Å². The summed E-state index contributed by atoms with van der Waals surface area (Å²) in [6.45, 7) is 7.23. The van der Waals surface area contributed by atoms with Gasteiger partial charge < -0.3 is 20.3 Å². The van der Waals surface area contributed by atoms with Gasteiger partial charge in [0, 0.05) is 32.2 Å². The van der Waals surface area contributed by atoms with Crippen LogP contribution in [0.25, 0.3) is 0 Å². The summed E-state index contributed by atoms with van der Waals surface area (Å²) in [5, 5.41) is 20.2. The van der Waals surface area contributed by atoms with Gasteiger partial charge in [0.05, 0.1) is 16.2 Å². The van der Waals surface area contributed by atoms with Gasteiger partial charge in [0.25, 0.3) is 5.69 Å². The summed E-state index contributed by atoms with van der Waals surface area (Å²) >= 11 is 0. The molecule has 1 amide bonds. The van der Waals surface area contributed by atoms with Crippen LogP contribution < -0.4 is 10.6 Å². The number of amides is 1. The highest BCUT2D eigenvalue weighted by atomic mass is 16.6. The fourth-order valence-corrected chi connectivity index (χ4v) is 2.56. The van der Waals surface area contributed by atoms with Crippen molar-refractivity contribution >= 4 is 23.2 Å². The molecule has 2 rings (SSSR count). The molecule has 0 atom stereocenters. The van der Waals surface area contributed by atoms with E-state index < -0.39 is 10.5 Å². The second-order valence-corrected chi connectivity index (χ2v) is 6.75. The van der Waals surface area contributed by atoms with E-state index in [9.17, 15) is 20.2 Å². The molecule has 9 heteroatoms. The predicted molar refractivity (Wildman–Crippen MR) is 92.2 cm³/mol. The van der Waals surface area contributed by atoms with Crippen LogP contribution in [-0.4, -0.2) is 47.7 Å². The van der Waals surface area contributed by atoms with Crippen molar-refractivity contribution in [1.29, 1.82) is 5.26 Å². The Hall–Kier alpha value is -3.02. The van der Waals surface area contributed by atoms with Crippen LogP contribution in [0.4, 0.5) is 21.9 Å². The number of rotatable bonds is 2. The number of benzene rings is 1. The molecule has 1 aromatic rings. The van der Waals surface area contributed by atoms with Gasteiger partial charge in [0.2, 0.25) is 0 Å². The molecule has 1 aliphatic rings. The van der Waals surface area contributed by atoms with E-state index in [1.54, 1.807) is 25.7 Å². The molecular weight excluding hydrogens is 326 g/mol. The molecule has 1 saturated heterocycles. The highest BCUT2D eigenvalue weighted by Crippen LogP contribution is 2.31. The third-order valence-electron chi connectivity index (χ3n) is 3.73. The number of anilines is 2. The standard InChI is InChI=1S/C16H21N5O4/c1-16(2,3)25-15(22)20-6-4-19(5-7-20)13-9-12(18)14(21(23)24)8-11(13)10-17/h8-9H,4-7,18H2,1-3H3. The molecule has 25 heavy (non-hydrogen) atoms. The van der Waals surface area contributed by atoms with Crippen LogP contribution in [0.2, 0.25) is 0 Å². The Morgan fingerprint density at radius 3 is 2.40 bits per heavy atom. The topological polar surface area (TPSA) is 126 Å². The maximum absolute atomic E-state index is 12.1. The normalized spacial score (nSPS) is 14.8. The van der Waals surface area contributed by atoms with Crippen molar-refractivity contribution in [1.82, 2.24) is 4.90 Å². The lowest BCUT2D eigenvalue weighted by Gasteiger charge is -2.37. The Morgan fingerprint density at radius 2 is 1.92 bits per heavy atom. The van der Waals surface area contributed by atoms with Crippen LogP contribution in [0.1, 0.15) is 26.3 Å². The summed E-state index contributed by atoms with van der Waals surface area (Å²) in [6, 6.07) is 4.60. The minimum absolute atomic E-state index is 0.00794. The molecule has 0 bridgehead atoms. The van der Waals surface area contributed by atoms with Gasteiger partial charge in [-0.2, -0.15) is 5.26 Å². The first kappa shape index (κ1) is 18.3. The number of ether oxygens (including phenoxy) is 1. The number of nitro benzene ring substituents is 1. The summed E-state index contributed by atoms with van der Waals surface area (Å²) in [7, 11) is 0. The zero-order chi connectivity index (χ0) is 18.8. The van der Waals surface area contributed by atoms with E-state index in [-0.39, 0.29) is 23.0 Å². The van der Waals surface area contributed by atoms with E-state index in [4.69, 9.17) is 10.5 Å². The summed E-state index contributed by atoms with van der Waals surface area (Å²) in [4.78, 5) is 25.9. The van der Waals surface area contributed by atoms with E-state index in [2.05, 4.69) is 0 Å². The molecule has 134 valence electrons. The van der Waals surface area contributed by atoms with Gasteiger partial charge in [0.1, 0.15) is 17.4 Å². The van der Waals surface area contributed by atoms with E-state index in [1.165, 1.54) is 12.1 Å². The summed E-state index contributed by atoms with van der Waals surface area (Å²) in [6.07, 6.45) is -0.379. The molecule has 1 aliphatic heterocycles. The third kappa shape index (κ3) is 4.29. The second-order valence-electron chi connectivity index (χ2n) is 6.75. The SMILES string of the molecule is CC(C)(C)OC(=O)N1CCN(c2cc(N)c([N+](=O)[O-])cc2C#N)CC1. The van der Waals surface area contributed by atoms with Crippen LogP contribution in [0.5, 0.6) is 0 Å². The van der Waals surface area contributed by atoms with E-state index in [0.717, 1.165) is 0 Å². The van der Waals surface area contributed by atoms with Crippen molar-refractivity contribution < 1.29 is 14.5 Å². The highest BCUT2D eigenvalue weighted by molar-refractivity contribution is 5.74. The molecule has 0 radical (unpaired) electrons. The van der Waals surface area contributed by atoms with Gasteiger partial charge in [-0.15, -0.1) is 0 Å². The van der Waals surface area contributed by atoms with Gasteiger partial charge >= 0.3 is 6.09 Å². The molecular formula is C16H21N5O4. The van der Waals surface area contributed by atoms with Gasteiger partial charge in [-0.05, 0) is 26.8 Å². The van der Waals surface area contributed by atoms with Gasteiger partial charge in [-0.3, -0.25) is 10.1 Å². The molecule has 1 fully saturated rings. The van der Waals surface area contributed by atoms with Crippen molar-refractivity contribution in [2.45, 2.75) is 26.4 Å². The zero-order valence-corrected chi connectivity index (χ0v) is 14.5. The first-order valence-electron chi connectivity index (χ1n) is 7.83. The van der Waals surface area contributed by atoms with Gasteiger partial charge in [-0.25, -0.2) is 4.79 Å². The maximum Gasteiger partial charge on any atom is 0.410 e. The Balaban J connectivity index is 2.13. The van der Waals surface area contributed by atoms with Crippen LogP contribution in [0.15, 0.2) is 12.1 Å². The van der Waals surface area contributed by atoms with Crippen molar-refractivity contribution in [2.75, 3.05) is 36.8 Å². The molecule has 1 heterocycles. The lowest BCUT2D eigenvalue weighted by molar-refractivity contribution is -0.383. The van der Waals surface area contributed by atoms with E-state index in [1.807, 2.05) is 11.0 Å². The minimum Gasteiger partial charge on any atom is -0.444 e. The Morgan fingerprint density at radius 1 is 1.32 bits per heavy atom. The number of nitriles is 1. The average molecular weight is 347 g/mol. The fourth-order valence-electron chi connectivity index (χ4n) is 2.56. The second kappa shape index (κ2) is 6.84. The monoisotopic (exact) mass is 347 g/mol. The largest absolute Gasteiger partial charge is 0.444 e. The van der Waals surface area contributed by atoms with Crippen LogP contribution in [0, 0.1) is 21.4 Å². The average Bonchev–Trinajstić information content (AvgIpc) is 2.52. The molecule has 9 nitrogen and oxygen atoms in total. The first-order chi connectivity index (χ1) is 11.6. The molecule has 0 saturated carbocycles. The molecule has 0 aromatic heterocycles. The number of hydrogen-bond donors (Lipinski definition) is 1. The van der Waals surface area contributed by atoms with Crippen molar-refractivity contribution in [3.8, 4) is 6.07 Å². The van der Waals surface area contributed by atoms with Crippen molar-refractivity contribution in [3.63, 3.8) is 0 Å². The molecule has 2 N–H and O–H groups in total. The summed E-state index contributed by atoms with van der Waals surface area (Å²) in [5.74, 6) is 0. The van der Waals surface area contributed by atoms with Gasteiger partial charge in [-0.1, -0.05) is 0 Å². The smallest absolute Gasteiger partial charge is 0.410 e. The minimum atomic E-state index is -0.611. The lowest BCUT2D eigenvalue weighted by Crippen LogP contribution is -2.50. The Labute approximate surface area is 145 Å². The number of carbonyl (C=O) groups is 1. The molecule has 1 aromatic carbocycles. The van der Waals surface area contributed by atoms with Crippen LogP contribution >= 0.6 is 0 Å². The lowest BCUT2D eigenvalue weighted by atomic mass is 10.1. The summed E-state index contributed by atoms with van der Waals surface area (Å²) in [5.41, 5.74) is 5.62. The number of nitrogen functional groups attached to an aromatic ring is 1. The van der Waals surface area contributed by atoms with E-state index >= 15 is 0 Å². The Kier molecular flexibility index (Phi) is 5.02. The number of carbonyl (C=O) groups excluding carboxylic acids is 1. The van der Waals surface area contributed by atoms with Crippen LogP contribution in [-0.2, 0) is 4.74 Å². The molecule has 0 aliphatic carbocycles. The Bertz CT molecular complexity index is 727. The fraction of sp³-hybridized carbons (Fsp3) is 0.500. The number of nitrogens with two attached hydrogens (primary N) is 1. The number of nitrogens with zero attached hydrogens (tertiary/aromatic N) is 4. The highest BCUT2D eigenvalue weighted by Gasteiger charge is 2.27. The van der Waals surface area contributed by atoms with Crippen LogP contribution in [0.3, 0.4) is 0 Å². The zero-order valence-electron chi connectivity index (χ0n) is 14.5. The first-order valence-corrected chi connectivity index (χ1v) is 7.83. The molecule has 0 unspecified atom stereocenters. The van der Waals surface area contributed by atoms with E-state index in [0.29, 0.717) is 31.9 Å². The maximum atomic E-state index is 12.1. The number of piperazine rings is 1. The molecule has 0 spiro atoms. The third-order valence-corrected chi connectivity index (χ3v) is 3.73. The quantitative estimate of drug-likeness (QED) is 0.493. The number of hydrogen-bond acceptors (Lipinski definition) is 7.